The second kappa shape index (κ2) is 8.81. The van der Waals surface area contributed by atoms with E-state index in [1.54, 1.807) is 4.90 Å². The highest BCUT2D eigenvalue weighted by Gasteiger charge is 2.25. The number of fused-ring (bicyclic) bond motifs is 1. The minimum Gasteiger partial charge on any atom is -0.349 e. The molecule has 0 spiro atoms. The highest BCUT2D eigenvalue weighted by atomic mass is 32.2. The van der Waals surface area contributed by atoms with Gasteiger partial charge in [0.1, 0.15) is 4.32 Å². The normalized spacial score (nSPS) is 19.8. The van der Waals surface area contributed by atoms with Crippen molar-refractivity contribution in [2.45, 2.75) is 51.0 Å². The third-order valence-corrected chi connectivity index (χ3v) is 6.26. The number of carbonyl (C=O) groups is 2. The number of aryl methyl sites for hydroxylation is 1. The first-order chi connectivity index (χ1) is 12.1. The molecule has 1 fully saturated rings. The Labute approximate surface area is 158 Å². The molecule has 1 saturated heterocycles. The molecule has 25 heavy (non-hydrogen) atoms. The molecule has 134 valence electrons. The van der Waals surface area contributed by atoms with E-state index in [9.17, 15) is 9.59 Å². The van der Waals surface area contributed by atoms with Crippen molar-refractivity contribution in [1.29, 1.82) is 0 Å². The number of benzene rings is 1. The van der Waals surface area contributed by atoms with E-state index in [1.165, 1.54) is 22.9 Å². The summed E-state index contributed by atoms with van der Waals surface area (Å²) >= 11 is 6.60. The predicted molar refractivity (Wildman–Crippen MR) is 106 cm³/mol. The second-order valence-corrected chi connectivity index (χ2v) is 8.23. The third kappa shape index (κ3) is 4.82. The Balaban J connectivity index is 1.36. The number of thioether (sulfide) groups is 1. The monoisotopic (exact) mass is 376 g/mol. The summed E-state index contributed by atoms with van der Waals surface area (Å²) in [6, 6.07) is 8.57. The van der Waals surface area contributed by atoms with Gasteiger partial charge in [0, 0.05) is 13.0 Å². The topological polar surface area (TPSA) is 49.4 Å². The third-order valence-electron chi connectivity index (χ3n) is 4.83. The van der Waals surface area contributed by atoms with Gasteiger partial charge in [-0.1, -0.05) is 54.7 Å². The molecule has 0 bridgehead atoms. The van der Waals surface area contributed by atoms with E-state index >= 15 is 0 Å². The van der Waals surface area contributed by atoms with E-state index in [0.717, 1.165) is 38.5 Å². The second-order valence-electron chi connectivity index (χ2n) is 6.62. The van der Waals surface area contributed by atoms with Crippen LogP contribution in [0.1, 0.15) is 55.7 Å². The lowest BCUT2D eigenvalue weighted by molar-refractivity contribution is -0.124. The van der Waals surface area contributed by atoms with Gasteiger partial charge in [-0.3, -0.25) is 14.5 Å². The van der Waals surface area contributed by atoms with Crippen LogP contribution < -0.4 is 5.32 Å². The minimum absolute atomic E-state index is 0.115. The van der Waals surface area contributed by atoms with Gasteiger partial charge < -0.3 is 5.32 Å². The summed E-state index contributed by atoms with van der Waals surface area (Å²) in [6.07, 6.45) is 6.49. The van der Waals surface area contributed by atoms with E-state index in [0.29, 0.717) is 23.0 Å². The molecule has 1 heterocycles. The lowest BCUT2D eigenvalue weighted by Crippen LogP contribution is -2.31. The zero-order valence-corrected chi connectivity index (χ0v) is 16.0. The van der Waals surface area contributed by atoms with Crippen LogP contribution in [0.15, 0.2) is 24.3 Å². The van der Waals surface area contributed by atoms with Crippen LogP contribution in [-0.2, 0) is 16.0 Å². The molecule has 1 aliphatic carbocycles. The van der Waals surface area contributed by atoms with Gasteiger partial charge >= 0.3 is 0 Å². The zero-order valence-electron chi connectivity index (χ0n) is 14.3. The first-order valence-corrected chi connectivity index (χ1v) is 10.4. The zero-order chi connectivity index (χ0) is 17.6. The molecular weight excluding hydrogens is 352 g/mol. The van der Waals surface area contributed by atoms with Gasteiger partial charge in [-0.15, -0.1) is 0 Å². The number of carbonyl (C=O) groups excluding carboxylic acids is 2. The molecule has 1 N–H and O–H groups in total. The number of amides is 2. The van der Waals surface area contributed by atoms with Crippen molar-refractivity contribution in [1.82, 2.24) is 10.2 Å². The Morgan fingerprint density at radius 2 is 2.12 bits per heavy atom. The van der Waals surface area contributed by atoms with E-state index in [1.807, 2.05) is 6.07 Å². The van der Waals surface area contributed by atoms with E-state index in [2.05, 4.69) is 23.5 Å². The molecule has 1 aromatic carbocycles. The van der Waals surface area contributed by atoms with Gasteiger partial charge in [0.05, 0.1) is 11.8 Å². The highest BCUT2D eigenvalue weighted by Crippen LogP contribution is 2.29. The fourth-order valence-corrected chi connectivity index (χ4v) is 4.62. The Morgan fingerprint density at radius 1 is 1.28 bits per heavy atom. The largest absolute Gasteiger partial charge is 0.349 e. The van der Waals surface area contributed by atoms with Crippen molar-refractivity contribution in [2.75, 3.05) is 12.3 Å². The van der Waals surface area contributed by atoms with Gasteiger partial charge in [-0.25, -0.2) is 0 Å². The Morgan fingerprint density at radius 3 is 2.92 bits per heavy atom. The average Bonchev–Trinajstić information content (AvgIpc) is 2.93. The summed E-state index contributed by atoms with van der Waals surface area (Å²) in [4.78, 5) is 25.6. The maximum Gasteiger partial charge on any atom is 0.238 e. The first kappa shape index (κ1) is 18.4. The smallest absolute Gasteiger partial charge is 0.238 e. The number of nitrogens with zero attached hydrogens (tertiary/aromatic N) is 1. The van der Waals surface area contributed by atoms with Crippen LogP contribution in [0.2, 0.25) is 0 Å². The quantitative estimate of drug-likeness (QED) is 0.583. The standard InChI is InChI=1S/C19H24N2O2S2/c22-17(11-2-1-5-12-21-18(23)13-25-19(21)24)20-16-10-6-8-14-7-3-4-9-15(14)16/h3-4,7,9,16H,1-2,5-6,8,10-13H2,(H,20,22)/t16-/m1/s1. The summed E-state index contributed by atoms with van der Waals surface area (Å²) in [5, 5.41) is 3.19. The maximum atomic E-state index is 12.2. The van der Waals surface area contributed by atoms with Crippen molar-refractivity contribution in [2.24, 2.45) is 0 Å². The number of hydrogen-bond acceptors (Lipinski definition) is 4. The van der Waals surface area contributed by atoms with Crippen LogP contribution in [0.3, 0.4) is 0 Å². The first-order valence-electron chi connectivity index (χ1n) is 8.99. The number of nitrogens with one attached hydrogen (secondary N) is 1. The van der Waals surface area contributed by atoms with Crippen LogP contribution in [-0.4, -0.2) is 33.3 Å². The number of thiocarbonyl (C=S) groups is 1. The fourth-order valence-electron chi connectivity index (χ4n) is 3.50. The van der Waals surface area contributed by atoms with Crippen LogP contribution in [0.4, 0.5) is 0 Å². The van der Waals surface area contributed by atoms with Crippen molar-refractivity contribution in [3.05, 3.63) is 35.4 Å². The van der Waals surface area contributed by atoms with Gasteiger partial charge in [0.15, 0.2) is 0 Å². The van der Waals surface area contributed by atoms with E-state index in [-0.39, 0.29) is 17.9 Å². The summed E-state index contributed by atoms with van der Waals surface area (Å²) < 4.78 is 0.693. The Bertz CT molecular complexity index is 647. The van der Waals surface area contributed by atoms with Crippen molar-refractivity contribution in [3.8, 4) is 0 Å². The van der Waals surface area contributed by atoms with Crippen molar-refractivity contribution in [3.63, 3.8) is 0 Å². The molecule has 2 amide bonds. The highest BCUT2D eigenvalue weighted by molar-refractivity contribution is 8.23. The molecule has 0 aromatic heterocycles. The molecule has 0 unspecified atom stereocenters. The number of unbranched alkanes of at least 4 members (excludes halogenated alkanes) is 2. The van der Waals surface area contributed by atoms with Crippen LogP contribution in [0, 0.1) is 0 Å². The van der Waals surface area contributed by atoms with Crippen LogP contribution >= 0.6 is 24.0 Å². The molecule has 4 nitrogen and oxygen atoms in total. The summed E-state index contributed by atoms with van der Waals surface area (Å²) in [5.74, 6) is 0.720. The lowest BCUT2D eigenvalue weighted by Gasteiger charge is -2.26. The Hall–Kier alpha value is -1.40. The number of hydrogen-bond donors (Lipinski definition) is 1. The summed E-state index contributed by atoms with van der Waals surface area (Å²) in [6.45, 7) is 0.683. The SMILES string of the molecule is O=C(CCCCCN1C(=O)CSC1=S)N[C@@H]1CCCc2ccccc21. The number of rotatable bonds is 7. The maximum absolute atomic E-state index is 12.2. The van der Waals surface area contributed by atoms with Crippen LogP contribution in [0.25, 0.3) is 0 Å². The molecule has 0 saturated carbocycles. The van der Waals surface area contributed by atoms with Gasteiger partial charge in [0.25, 0.3) is 0 Å². The molecule has 3 rings (SSSR count). The molecule has 1 atom stereocenters. The summed E-state index contributed by atoms with van der Waals surface area (Å²) in [5.41, 5.74) is 2.64. The van der Waals surface area contributed by atoms with Gasteiger partial charge in [0.2, 0.25) is 11.8 Å². The molecule has 0 radical (unpaired) electrons. The van der Waals surface area contributed by atoms with Crippen molar-refractivity contribution < 1.29 is 9.59 Å². The fraction of sp³-hybridized carbons (Fsp3) is 0.526. The lowest BCUT2D eigenvalue weighted by atomic mass is 9.87. The minimum atomic E-state index is 0.115. The van der Waals surface area contributed by atoms with Gasteiger partial charge in [-0.2, -0.15) is 0 Å². The van der Waals surface area contributed by atoms with Crippen LogP contribution in [0.5, 0.6) is 0 Å². The molecule has 1 aliphatic heterocycles. The van der Waals surface area contributed by atoms with E-state index in [4.69, 9.17) is 12.2 Å². The van der Waals surface area contributed by atoms with E-state index < -0.39 is 0 Å². The Kier molecular flexibility index (Phi) is 6.48. The summed E-state index contributed by atoms with van der Waals surface area (Å²) in [7, 11) is 0. The molecule has 2 aliphatic rings. The molecular formula is C19H24N2O2S2. The molecule has 6 heteroatoms. The van der Waals surface area contributed by atoms with Crippen molar-refractivity contribution >= 4 is 40.1 Å². The van der Waals surface area contributed by atoms with Gasteiger partial charge in [-0.05, 0) is 43.2 Å². The average molecular weight is 377 g/mol. The molecule has 1 aromatic rings. The predicted octanol–water partition coefficient (Wildman–Crippen LogP) is 3.60.